The average molecular weight is 468 g/mol. The first-order valence-corrected chi connectivity index (χ1v) is 12.1. The number of nitrogens with one attached hydrogen (secondary N) is 2. The van der Waals surface area contributed by atoms with Gasteiger partial charge in [0.2, 0.25) is 11.8 Å². The number of likely N-dealkylation sites (N-methyl/N-ethyl adjacent to an activating group) is 1. The molecule has 0 unspecified atom stereocenters. The van der Waals surface area contributed by atoms with E-state index in [4.69, 9.17) is 4.74 Å². The lowest BCUT2D eigenvalue weighted by molar-refractivity contribution is -0.130. The van der Waals surface area contributed by atoms with Gasteiger partial charge in [-0.25, -0.2) is 0 Å². The molecular formula is C28H41N3O3. The second-order valence-electron chi connectivity index (χ2n) is 10.4. The first-order chi connectivity index (χ1) is 16.0. The molecule has 0 saturated carbocycles. The number of benzene rings is 2. The predicted octanol–water partition coefficient (Wildman–Crippen LogP) is 4.19. The van der Waals surface area contributed by atoms with Gasteiger partial charge in [0, 0.05) is 12.0 Å². The minimum atomic E-state index is -0.652. The Kier molecular flexibility index (Phi) is 10.6. The van der Waals surface area contributed by atoms with E-state index in [1.54, 1.807) is 0 Å². The summed E-state index contributed by atoms with van der Waals surface area (Å²) >= 11 is 0. The summed E-state index contributed by atoms with van der Waals surface area (Å²) in [6.45, 7) is 11.7. The van der Waals surface area contributed by atoms with E-state index in [0.29, 0.717) is 18.9 Å². The fourth-order valence-corrected chi connectivity index (χ4v) is 3.41. The van der Waals surface area contributed by atoms with Crippen molar-refractivity contribution in [3.8, 4) is 5.75 Å². The van der Waals surface area contributed by atoms with Crippen LogP contribution in [0, 0.1) is 5.92 Å². The van der Waals surface area contributed by atoms with Crippen LogP contribution in [-0.4, -0.2) is 48.4 Å². The predicted molar refractivity (Wildman–Crippen MR) is 138 cm³/mol. The lowest BCUT2D eigenvalue weighted by Crippen LogP contribution is -2.54. The van der Waals surface area contributed by atoms with Crippen LogP contribution < -0.4 is 15.4 Å². The van der Waals surface area contributed by atoms with Crippen molar-refractivity contribution in [1.82, 2.24) is 15.5 Å². The fourth-order valence-electron chi connectivity index (χ4n) is 3.41. The number of carbonyl (C=O) groups excluding carboxylic acids is 2. The third-order valence-corrected chi connectivity index (χ3v) is 5.26. The van der Waals surface area contributed by atoms with Crippen LogP contribution >= 0.6 is 0 Å². The van der Waals surface area contributed by atoms with Crippen LogP contribution in [0.2, 0.25) is 0 Å². The molecular weight excluding hydrogens is 426 g/mol. The molecule has 0 spiro atoms. The molecule has 0 aliphatic heterocycles. The molecule has 0 saturated heterocycles. The third-order valence-electron chi connectivity index (χ3n) is 5.26. The summed E-state index contributed by atoms with van der Waals surface area (Å²) in [5.74, 6) is 1.01. The number of nitrogens with zero attached hydrogens (tertiary/aromatic N) is 1. The lowest BCUT2D eigenvalue weighted by atomic mass is 10.0. The van der Waals surface area contributed by atoms with E-state index in [-0.39, 0.29) is 23.9 Å². The van der Waals surface area contributed by atoms with E-state index in [9.17, 15) is 9.59 Å². The van der Waals surface area contributed by atoms with E-state index in [2.05, 4.69) is 24.5 Å². The van der Waals surface area contributed by atoms with Gasteiger partial charge in [-0.1, -0.05) is 56.3 Å². The summed E-state index contributed by atoms with van der Waals surface area (Å²) in [5.41, 5.74) is 1.67. The smallest absolute Gasteiger partial charge is 0.243 e. The molecule has 186 valence electrons. The zero-order valence-electron chi connectivity index (χ0n) is 21.6. The molecule has 0 radical (unpaired) electrons. The van der Waals surface area contributed by atoms with Crippen LogP contribution in [0.15, 0.2) is 54.6 Å². The van der Waals surface area contributed by atoms with Gasteiger partial charge in [0.1, 0.15) is 18.4 Å². The average Bonchev–Trinajstić information content (AvgIpc) is 2.76. The van der Waals surface area contributed by atoms with Gasteiger partial charge in [0.05, 0.1) is 6.54 Å². The van der Waals surface area contributed by atoms with Crippen molar-refractivity contribution in [2.45, 2.75) is 65.6 Å². The maximum atomic E-state index is 13.0. The van der Waals surface area contributed by atoms with E-state index >= 15 is 0 Å². The van der Waals surface area contributed by atoms with Crippen molar-refractivity contribution >= 4 is 11.8 Å². The largest absolute Gasteiger partial charge is 0.489 e. The zero-order chi connectivity index (χ0) is 25.1. The summed E-state index contributed by atoms with van der Waals surface area (Å²) in [6.07, 6.45) is 1.43. The molecule has 0 aromatic heterocycles. The summed E-state index contributed by atoms with van der Waals surface area (Å²) in [5, 5.41) is 5.94. The van der Waals surface area contributed by atoms with Gasteiger partial charge in [-0.05, 0) is 70.0 Å². The van der Waals surface area contributed by atoms with Crippen LogP contribution in [0.25, 0.3) is 0 Å². The van der Waals surface area contributed by atoms with E-state index in [1.165, 1.54) is 0 Å². The Labute approximate surface area is 205 Å². The highest BCUT2D eigenvalue weighted by atomic mass is 16.5. The highest BCUT2D eigenvalue weighted by Gasteiger charge is 2.25. The highest BCUT2D eigenvalue weighted by molar-refractivity contribution is 5.88. The second kappa shape index (κ2) is 13.1. The fraction of sp³-hybridized carbons (Fsp3) is 0.500. The maximum absolute atomic E-state index is 13.0. The molecule has 0 bridgehead atoms. The molecule has 2 amide bonds. The molecule has 2 aromatic rings. The minimum absolute atomic E-state index is 0.150. The molecule has 0 fully saturated rings. The number of hydrogen-bond donors (Lipinski definition) is 2. The Morgan fingerprint density at radius 2 is 1.62 bits per heavy atom. The first kappa shape index (κ1) is 27.4. The number of amides is 2. The van der Waals surface area contributed by atoms with E-state index in [0.717, 1.165) is 29.8 Å². The van der Waals surface area contributed by atoms with Gasteiger partial charge in [0.15, 0.2) is 0 Å². The Morgan fingerprint density at radius 1 is 0.971 bits per heavy atom. The Balaban J connectivity index is 2.00. The SMILES string of the molecule is CC(C)CCN(C)CC(=O)N[C@@H](Cc1ccc(OCc2ccccc2)cc1)C(=O)NC(C)(C)C. The van der Waals surface area contributed by atoms with Crippen molar-refractivity contribution in [3.05, 3.63) is 65.7 Å². The van der Waals surface area contributed by atoms with Crippen molar-refractivity contribution in [1.29, 1.82) is 0 Å². The summed E-state index contributed by atoms with van der Waals surface area (Å²) in [4.78, 5) is 27.6. The van der Waals surface area contributed by atoms with Crippen LogP contribution in [-0.2, 0) is 22.6 Å². The molecule has 2 rings (SSSR count). The van der Waals surface area contributed by atoms with Crippen LogP contribution in [0.5, 0.6) is 5.75 Å². The highest BCUT2D eigenvalue weighted by Crippen LogP contribution is 2.16. The van der Waals surface area contributed by atoms with Crippen molar-refractivity contribution in [3.63, 3.8) is 0 Å². The molecule has 2 aromatic carbocycles. The molecule has 6 nitrogen and oxygen atoms in total. The van der Waals surface area contributed by atoms with Gasteiger partial charge in [-0.15, -0.1) is 0 Å². The Bertz CT molecular complexity index is 889. The lowest BCUT2D eigenvalue weighted by Gasteiger charge is -2.26. The van der Waals surface area contributed by atoms with Crippen molar-refractivity contribution in [2.24, 2.45) is 5.92 Å². The van der Waals surface area contributed by atoms with E-state index in [1.807, 2.05) is 87.3 Å². The topological polar surface area (TPSA) is 70.7 Å². The first-order valence-electron chi connectivity index (χ1n) is 12.1. The quantitative estimate of drug-likeness (QED) is 0.491. The minimum Gasteiger partial charge on any atom is -0.489 e. The van der Waals surface area contributed by atoms with Crippen LogP contribution in [0.1, 0.15) is 52.2 Å². The van der Waals surface area contributed by atoms with Crippen LogP contribution in [0.3, 0.4) is 0 Å². The van der Waals surface area contributed by atoms with Crippen molar-refractivity contribution in [2.75, 3.05) is 20.1 Å². The second-order valence-corrected chi connectivity index (χ2v) is 10.4. The number of hydrogen-bond acceptors (Lipinski definition) is 4. The van der Waals surface area contributed by atoms with Gasteiger partial charge in [0.25, 0.3) is 0 Å². The molecule has 34 heavy (non-hydrogen) atoms. The monoisotopic (exact) mass is 467 g/mol. The maximum Gasteiger partial charge on any atom is 0.243 e. The molecule has 0 aliphatic rings. The standard InChI is InChI=1S/C28H41N3O3/c1-21(2)16-17-31(6)19-26(32)29-25(27(33)30-28(3,4)5)18-22-12-14-24(15-13-22)34-20-23-10-8-7-9-11-23/h7-15,21,25H,16-20H2,1-6H3,(H,29,32)(H,30,33)/t25-/m0/s1. The molecule has 6 heteroatoms. The normalized spacial score (nSPS) is 12.5. The molecule has 2 N–H and O–H groups in total. The Morgan fingerprint density at radius 3 is 2.21 bits per heavy atom. The summed E-state index contributed by atoms with van der Waals surface area (Å²) in [7, 11) is 1.93. The van der Waals surface area contributed by atoms with Crippen molar-refractivity contribution < 1.29 is 14.3 Å². The summed E-state index contributed by atoms with van der Waals surface area (Å²) in [6, 6.07) is 17.0. The molecule has 0 aliphatic carbocycles. The number of ether oxygens (including phenoxy) is 1. The molecule has 0 heterocycles. The Hall–Kier alpha value is -2.86. The zero-order valence-corrected chi connectivity index (χ0v) is 21.6. The summed E-state index contributed by atoms with van der Waals surface area (Å²) < 4.78 is 5.86. The van der Waals surface area contributed by atoms with Crippen LogP contribution in [0.4, 0.5) is 0 Å². The number of rotatable bonds is 12. The van der Waals surface area contributed by atoms with Gasteiger partial charge >= 0.3 is 0 Å². The third kappa shape index (κ3) is 10.8. The number of carbonyl (C=O) groups is 2. The van der Waals surface area contributed by atoms with Gasteiger partial charge in [-0.2, -0.15) is 0 Å². The van der Waals surface area contributed by atoms with Gasteiger partial charge < -0.3 is 15.4 Å². The van der Waals surface area contributed by atoms with Gasteiger partial charge in [-0.3, -0.25) is 14.5 Å². The molecule has 1 atom stereocenters. The van der Waals surface area contributed by atoms with E-state index < -0.39 is 6.04 Å².